The molecule has 0 fully saturated rings. The van der Waals surface area contributed by atoms with Crippen LogP contribution in [0.5, 0.6) is 5.75 Å². The van der Waals surface area contributed by atoms with Crippen LogP contribution in [0.2, 0.25) is 0 Å². The number of hydrogen-bond donors (Lipinski definition) is 1. The Kier molecular flexibility index (Phi) is 3.10. The average molecular weight is 259 g/mol. The fourth-order valence-electron chi connectivity index (χ4n) is 0.913. The van der Waals surface area contributed by atoms with Crippen molar-refractivity contribution in [2.24, 2.45) is 5.14 Å². The zero-order chi connectivity index (χ0) is 12.6. The molecular formula is C7H5F4NO3S. The summed E-state index contributed by atoms with van der Waals surface area (Å²) in [5.74, 6) is -2.12. The van der Waals surface area contributed by atoms with Crippen LogP contribution in [0.15, 0.2) is 23.1 Å². The van der Waals surface area contributed by atoms with E-state index < -0.39 is 32.8 Å². The molecule has 0 unspecified atom stereocenters. The van der Waals surface area contributed by atoms with E-state index in [0.717, 1.165) is 0 Å². The first kappa shape index (κ1) is 12.7. The van der Waals surface area contributed by atoms with E-state index in [9.17, 15) is 26.0 Å². The molecule has 0 saturated carbocycles. The molecule has 4 nitrogen and oxygen atoms in total. The number of halogens is 4. The van der Waals surface area contributed by atoms with Gasteiger partial charge >= 0.3 is 6.36 Å². The summed E-state index contributed by atoms with van der Waals surface area (Å²) in [6, 6.07) is 1.49. The second-order valence-electron chi connectivity index (χ2n) is 2.68. The monoisotopic (exact) mass is 259 g/mol. The Hall–Kier alpha value is -1.35. The summed E-state index contributed by atoms with van der Waals surface area (Å²) in [5.41, 5.74) is 0. The van der Waals surface area contributed by atoms with Crippen molar-refractivity contribution in [2.45, 2.75) is 11.3 Å². The van der Waals surface area contributed by atoms with E-state index in [2.05, 4.69) is 9.88 Å². The van der Waals surface area contributed by atoms with Crippen molar-refractivity contribution in [2.75, 3.05) is 0 Å². The summed E-state index contributed by atoms with van der Waals surface area (Å²) < 4.78 is 73.3. The SMILES string of the molecule is NS(=O)(=O)c1cc(F)ccc1OC(F)(F)F. The molecule has 0 saturated heterocycles. The lowest BCUT2D eigenvalue weighted by atomic mass is 10.3. The molecule has 0 aliphatic heterocycles. The third kappa shape index (κ3) is 3.35. The molecule has 0 bridgehead atoms. The number of nitrogens with two attached hydrogens (primary N) is 1. The predicted molar refractivity (Wildman–Crippen MR) is 44.5 cm³/mol. The van der Waals surface area contributed by atoms with Crippen LogP contribution < -0.4 is 9.88 Å². The molecule has 0 aliphatic carbocycles. The maximum atomic E-state index is 12.7. The van der Waals surface area contributed by atoms with E-state index in [1.807, 2.05) is 0 Å². The molecule has 0 amide bonds. The minimum absolute atomic E-state index is 0.344. The minimum Gasteiger partial charge on any atom is -0.404 e. The Balaban J connectivity index is 3.30. The van der Waals surface area contributed by atoms with Crippen molar-refractivity contribution in [1.29, 1.82) is 0 Å². The van der Waals surface area contributed by atoms with Crippen LogP contribution in [-0.2, 0) is 10.0 Å². The first-order valence-corrected chi connectivity index (χ1v) is 5.22. The molecule has 0 aromatic heterocycles. The standard InChI is InChI=1S/C7H5F4NO3S/c8-4-1-2-5(15-7(9,10)11)6(3-4)16(12,13)14/h1-3H,(H2,12,13,14). The van der Waals surface area contributed by atoms with Gasteiger partial charge in [-0.2, -0.15) is 0 Å². The fourth-order valence-corrected chi connectivity index (χ4v) is 1.58. The summed E-state index contributed by atoms with van der Waals surface area (Å²) in [5, 5.41) is 4.60. The van der Waals surface area contributed by atoms with Crippen molar-refractivity contribution < 1.29 is 30.7 Å². The Bertz CT molecular complexity index is 497. The fraction of sp³-hybridized carbons (Fsp3) is 0.143. The van der Waals surface area contributed by atoms with Gasteiger partial charge in [0, 0.05) is 0 Å². The zero-order valence-corrected chi connectivity index (χ0v) is 8.27. The smallest absolute Gasteiger partial charge is 0.404 e. The summed E-state index contributed by atoms with van der Waals surface area (Å²) in [6.45, 7) is 0. The molecule has 0 atom stereocenters. The molecule has 0 radical (unpaired) electrons. The van der Waals surface area contributed by atoms with Crippen LogP contribution in [0.4, 0.5) is 17.6 Å². The van der Waals surface area contributed by atoms with Crippen LogP contribution in [0.3, 0.4) is 0 Å². The zero-order valence-electron chi connectivity index (χ0n) is 7.45. The van der Waals surface area contributed by atoms with Crippen molar-refractivity contribution >= 4 is 10.0 Å². The number of alkyl halides is 3. The maximum Gasteiger partial charge on any atom is 0.573 e. The number of rotatable bonds is 2. The van der Waals surface area contributed by atoms with Gasteiger partial charge in [-0.15, -0.1) is 13.2 Å². The highest BCUT2D eigenvalue weighted by atomic mass is 32.2. The Morgan fingerprint density at radius 3 is 2.25 bits per heavy atom. The van der Waals surface area contributed by atoms with Gasteiger partial charge < -0.3 is 4.74 Å². The van der Waals surface area contributed by atoms with Gasteiger partial charge in [-0.3, -0.25) is 0 Å². The van der Waals surface area contributed by atoms with E-state index in [4.69, 9.17) is 0 Å². The van der Waals surface area contributed by atoms with Gasteiger partial charge in [-0.1, -0.05) is 0 Å². The molecule has 0 heterocycles. The van der Waals surface area contributed by atoms with Crippen molar-refractivity contribution in [3.8, 4) is 5.75 Å². The van der Waals surface area contributed by atoms with Gasteiger partial charge in [0.05, 0.1) is 0 Å². The van der Waals surface area contributed by atoms with E-state index >= 15 is 0 Å². The number of hydrogen-bond acceptors (Lipinski definition) is 3. The second-order valence-corrected chi connectivity index (χ2v) is 4.21. The van der Waals surface area contributed by atoms with Gasteiger partial charge in [0.2, 0.25) is 10.0 Å². The van der Waals surface area contributed by atoms with Crippen molar-refractivity contribution in [3.05, 3.63) is 24.0 Å². The van der Waals surface area contributed by atoms with E-state index in [1.54, 1.807) is 0 Å². The number of sulfonamides is 1. The van der Waals surface area contributed by atoms with E-state index in [0.29, 0.717) is 18.2 Å². The second kappa shape index (κ2) is 3.91. The molecule has 9 heteroatoms. The van der Waals surface area contributed by atoms with Gasteiger partial charge in [0.25, 0.3) is 0 Å². The number of ether oxygens (including phenoxy) is 1. The molecular weight excluding hydrogens is 254 g/mol. The van der Waals surface area contributed by atoms with Gasteiger partial charge in [0.15, 0.2) is 0 Å². The Labute approximate surface area is 87.7 Å². The van der Waals surface area contributed by atoms with E-state index in [-0.39, 0.29) is 0 Å². The molecule has 1 aromatic carbocycles. The first-order valence-electron chi connectivity index (χ1n) is 3.68. The van der Waals surface area contributed by atoms with Gasteiger partial charge in [-0.05, 0) is 18.2 Å². The summed E-state index contributed by atoms with van der Waals surface area (Å²) in [6.07, 6.45) is -5.09. The number of benzene rings is 1. The summed E-state index contributed by atoms with van der Waals surface area (Å²) in [7, 11) is -4.49. The quantitative estimate of drug-likeness (QED) is 0.815. The summed E-state index contributed by atoms with van der Waals surface area (Å²) >= 11 is 0. The van der Waals surface area contributed by atoms with E-state index in [1.165, 1.54) is 0 Å². The lowest BCUT2D eigenvalue weighted by molar-refractivity contribution is -0.275. The first-order chi connectivity index (χ1) is 7.09. The molecule has 0 aliphatic rings. The van der Waals surface area contributed by atoms with Crippen molar-refractivity contribution in [1.82, 2.24) is 0 Å². The third-order valence-corrected chi connectivity index (χ3v) is 2.37. The number of primary sulfonamides is 1. The predicted octanol–water partition coefficient (Wildman–Crippen LogP) is 1.37. The summed E-state index contributed by atoms with van der Waals surface area (Å²) in [4.78, 5) is -1.06. The highest BCUT2D eigenvalue weighted by Gasteiger charge is 2.33. The minimum atomic E-state index is -5.09. The van der Waals surface area contributed by atoms with Crippen LogP contribution in [0.25, 0.3) is 0 Å². The van der Waals surface area contributed by atoms with Crippen LogP contribution in [-0.4, -0.2) is 14.8 Å². The molecule has 1 rings (SSSR count). The lowest BCUT2D eigenvalue weighted by Crippen LogP contribution is -2.21. The van der Waals surface area contributed by atoms with Gasteiger partial charge in [0.1, 0.15) is 16.5 Å². The highest BCUT2D eigenvalue weighted by molar-refractivity contribution is 7.89. The molecule has 1 aromatic rings. The molecule has 2 N–H and O–H groups in total. The largest absolute Gasteiger partial charge is 0.573 e. The van der Waals surface area contributed by atoms with Gasteiger partial charge in [-0.25, -0.2) is 17.9 Å². The van der Waals surface area contributed by atoms with Crippen molar-refractivity contribution in [3.63, 3.8) is 0 Å². The van der Waals surface area contributed by atoms with Crippen LogP contribution in [0.1, 0.15) is 0 Å². The topological polar surface area (TPSA) is 69.4 Å². The molecule has 16 heavy (non-hydrogen) atoms. The third-order valence-electron chi connectivity index (χ3n) is 1.44. The molecule has 0 spiro atoms. The highest BCUT2D eigenvalue weighted by Crippen LogP contribution is 2.29. The average Bonchev–Trinajstić information content (AvgIpc) is 2.04. The van der Waals surface area contributed by atoms with Crippen LogP contribution >= 0.6 is 0 Å². The normalized spacial score (nSPS) is 12.6. The maximum absolute atomic E-state index is 12.7. The molecule has 90 valence electrons. The lowest BCUT2D eigenvalue weighted by Gasteiger charge is -2.11. The Morgan fingerprint density at radius 2 is 1.81 bits per heavy atom. The van der Waals surface area contributed by atoms with Crippen LogP contribution in [0, 0.1) is 5.82 Å². The Morgan fingerprint density at radius 1 is 1.25 bits per heavy atom.